The summed E-state index contributed by atoms with van der Waals surface area (Å²) >= 11 is 0. The highest BCUT2D eigenvalue weighted by Gasteiger charge is 2.30. The summed E-state index contributed by atoms with van der Waals surface area (Å²) in [6.07, 6.45) is 25.7. The van der Waals surface area contributed by atoms with Crippen molar-refractivity contribution in [3.05, 3.63) is 47.5 Å². The first kappa shape index (κ1) is 24.2. The Morgan fingerprint density at radius 3 is 2.06 bits per heavy atom. The lowest BCUT2D eigenvalue weighted by Gasteiger charge is -2.37. The summed E-state index contributed by atoms with van der Waals surface area (Å²) in [5, 5.41) is 0. The van der Waals surface area contributed by atoms with Gasteiger partial charge in [0.15, 0.2) is 0 Å². The average molecular weight is 419 g/mol. The van der Waals surface area contributed by atoms with Gasteiger partial charge in [0, 0.05) is 5.56 Å². The molecule has 0 bridgehead atoms. The third-order valence-electron chi connectivity index (χ3n) is 8.03. The molecule has 1 aromatic rings. The van der Waals surface area contributed by atoms with Crippen LogP contribution in [0, 0.1) is 35.5 Å². The van der Waals surface area contributed by atoms with E-state index < -0.39 is 0 Å². The van der Waals surface area contributed by atoms with Crippen molar-refractivity contribution < 1.29 is 0 Å². The summed E-state index contributed by atoms with van der Waals surface area (Å²) < 4.78 is 0. The fourth-order valence-corrected chi connectivity index (χ4v) is 5.89. The molecule has 0 radical (unpaired) electrons. The van der Waals surface area contributed by atoms with Crippen LogP contribution in [0.3, 0.4) is 0 Å². The van der Waals surface area contributed by atoms with E-state index in [1.165, 1.54) is 102 Å². The average Bonchev–Trinajstić information content (AvgIpc) is 2.82. The summed E-state index contributed by atoms with van der Waals surface area (Å²) in [6, 6.07) is 8.87. The summed E-state index contributed by atoms with van der Waals surface area (Å²) in [4.78, 5) is 0. The Bertz CT molecular complexity index is 682. The van der Waals surface area contributed by atoms with Crippen LogP contribution < -0.4 is 0 Å². The van der Waals surface area contributed by atoms with Gasteiger partial charge in [-0.25, -0.2) is 0 Å². The van der Waals surface area contributed by atoms with Crippen molar-refractivity contribution in [3.8, 4) is 11.8 Å². The van der Waals surface area contributed by atoms with Gasteiger partial charge in [-0.3, -0.25) is 0 Å². The number of benzene rings is 1. The molecule has 2 fully saturated rings. The zero-order valence-electron chi connectivity index (χ0n) is 20.4. The van der Waals surface area contributed by atoms with Crippen LogP contribution >= 0.6 is 0 Å². The molecule has 1 aromatic carbocycles. The van der Waals surface area contributed by atoms with E-state index in [4.69, 9.17) is 0 Å². The number of unbranched alkanes of at least 4 members (excludes halogenated alkanes) is 3. The van der Waals surface area contributed by atoms with E-state index in [1.807, 2.05) is 0 Å². The molecular weight excluding hydrogens is 372 g/mol. The molecule has 0 spiro atoms. The summed E-state index contributed by atoms with van der Waals surface area (Å²) in [5.41, 5.74) is 2.59. The van der Waals surface area contributed by atoms with Gasteiger partial charge in [-0.2, -0.15) is 0 Å². The third-order valence-corrected chi connectivity index (χ3v) is 8.03. The zero-order chi connectivity index (χ0) is 21.7. The van der Waals surface area contributed by atoms with Gasteiger partial charge in [0.2, 0.25) is 0 Å². The topological polar surface area (TPSA) is 0 Å². The summed E-state index contributed by atoms with van der Waals surface area (Å²) in [7, 11) is 0. The lowest BCUT2D eigenvalue weighted by molar-refractivity contribution is 0.152. The molecule has 170 valence electrons. The minimum Gasteiger partial charge on any atom is -0.0730 e. The van der Waals surface area contributed by atoms with Gasteiger partial charge in [0.25, 0.3) is 0 Å². The SMILES string of the molecule is CCCCCc1ccc(C#CC=CC2CCC(C3CCC(CCCC)CC3)CC2)cc1. The van der Waals surface area contributed by atoms with E-state index in [0.29, 0.717) is 0 Å². The maximum Gasteiger partial charge on any atom is 0.0249 e. The molecule has 0 aliphatic heterocycles. The molecule has 2 aliphatic carbocycles. The lowest BCUT2D eigenvalue weighted by atomic mass is 9.68. The van der Waals surface area contributed by atoms with E-state index in [0.717, 1.165) is 29.2 Å². The van der Waals surface area contributed by atoms with Crippen molar-refractivity contribution in [1.29, 1.82) is 0 Å². The molecule has 0 nitrogen and oxygen atoms in total. The number of rotatable bonds is 9. The van der Waals surface area contributed by atoms with Crippen LogP contribution in [0.2, 0.25) is 0 Å². The number of aryl methyl sites for hydroxylation is 1. The van der Waals surface area contributed by atoms with Gasteiger partial charge in [-0.1, -0.05) is 88.8 Å². The van der Waals surface area contributed by atoms with Crippen LogP contribution in [0.5, 0.6) is 0 Å². The smallest absolute Gasteiger partial charge is 0.0249 e. The van der Waals surface area contributed by atoms with Crippen LogP contribution in [0.15, 0.2) is 36.4 Å². The molecule has 0 amide bonds. The van der Waals surface area contributed by atoms with E-state index >= 15 is 0 Å². The van der Waals surface area contributed by atoms with E-state index in [-0.39, 0.29) is 0 Å². The monoisotopic (exact) mass is 418 g/mol. The highest BCUT2D eigenvalue weighted by atomic mass is 14.4. The zero-order valence-corrected chi connectivity index (χ0v) is 20.4. The minimum absolute atomic E-state index is 0.757. The Kier molecular flexibility index (Phi) is 10.8. The van der Waals surface area contributed by atoms with E-state index in [2.05, 4.69) is 62.1 Å². The van der Waals surface area contributed by atoms with Crippen molar-refractivity contribution in [2.45, 2.75) is 110 Å². The molecule has 0 heterocycles. The van der Waals surface area contributed by atoms with Gasteiger partial charge in [-0.15, -0.1) is 0 Å². The van der Waals surface area contributed by atoms with Crippen molar-refractivity contribution in [3.63, 3.8) is 0 Å². The molecule has 0 N–H and O–H groups in total. The number of allylic oxidation sites excluding steroid dienone is 2. The number of hydrogen-bond acceptors (Lipinski definition) is 0. The predicted octanol–water partition coefficient (Wildman–Crippen LogP) is 9.13. The first-order valence-electron chi connectivity index (χ1n) is 13.6. The standard InChI is InChI=1S/C31H46/c1-3-5-7-11-27-14-16-28(17-15-27)12-8-9-13-29-20-24-31(25-21-29)30-22-18-26(19-23-30)10-6-4-2/h9,13-17,26,29-31H,3-7,10-11,18-25H2,1-2H3. The quantitative estimate of drug-likeness (QED) is 0.277. The first-order valence-corrected chi connectivity index (χ1v) is 13.6. The van der Waals surface area contributed by atoms with Crippen molar-refractivity contribution in [2.75, 3.05) is 0 Å². The number of hydrogen-bond donors (Lipinski definition) is 0. The highest BCUT2D eigenvalue weighted by molar-refractivity contribution is 5.38. The van der Waals surface area contributed by atoms with Crippen LogP contribution in [0.1, 0.15) is 115 Å². The second kappa shape index (κ2) is 13.8. The van der Waals surface area contributed by atoms with Crippen molar-refractivity contribution in [1.82, 2.24) is 0 Å². The molecule has 3 rings (SSSR count). The second-order valence-electron chi connectivity index (χ2n) is 10.4. The normalized spacial score (nSPS) is 26.5. The van der Waals surface area contributed by atoms with E-state index in [9.17, 15) is 0 Å². The van der Waals surface area contributed by atoms with Gasteiger partial charge >= 0.3 is 0 Å². The van der Waals surface area contributed by atoms with Gasteiger partial charge in [0.1, 0.15) is 0 Å². The summed E-state index contributed by atoms with van der Waals surface area (Å²) in [6.45, 7) is 4.59. The van der Waals surface area contributed by atoms with Crippen LogP contribution in [-0.4, -0.2) is 0 Å². The Morgan fingerprint density at radius 1 is 0.774 bits per heavy atom. The minimum atomic E-state index is 0.757. The van der Waals surface area contributed by atoms with Gasteiger partial charge in [-0.05, 0) is 98.8 Å². The Morgan fingerprint density at radius 2 is 1.42 bits per heavy atom. The van der Waals surface area contributed by atoms with Crippen molar-refractivity contribution in [2.24, 2.45) is 23.7 Å². The third kappa shape index (κ3) is 8.52. The Labute approximate surface area is 193 Å². The molecule has 2 saturated carbocycles. The molecule has 31 heavy (non-hydrogen) atoms. The molecule has 0 heteroatoms. The molecule has 0 atom stereocenters. The maximum absolute atomic E-state index is 3.32. The lowest BCUT2D eigenvalue weighted by Crippen LogP contribution is -2.25. The molecule has 0 aromatic heterocycles. The molecular formula is C31H46. The van der Waals surface area contributed by atoms with Crippen LogP contribution in [0.4, 0.5) is 0 Å². The van der Waals surface area contributed by atoms with E-state index in [1.54, 1.807) is 0 Å². The summed E-state index contributed by atoms with van der Waals surface area (Å²) in [5.74, 6) is 10.5. The van der Waals surface area contributed by atoms with Gasteiger partial charge < -0.3 is 0 Å². The highest BCUT2D eigenvalue weighted by Crippen LogP contribution is 2.42. The molecule has 0 saturated heterocycles. The van der Waals surface area contributed by atoms with Crippen LogP contribution in [0.25, 0.3) is 0 Å². The predicted molar refractivity (Wildman–Crippen MR) is 136 cm³/mol. The Balaban J connectivity index is 1.35. The largest absolute Gasteiger partial charge is 0.0730 e. The maximum atomic E-state index is 3.32. The van der Waals surface area contributed by atoms with Crippen molar-refractivity contribution >= 4 is 0 Å². The fraction of sp³-hybridized carbons (Fsp3) is 0.677. The van der Waals surface area contributed by atoms with Crippen LogP contribution in [-0.2, 0) is 6.42 Å². The molecule has 2 aliphatic rings. The first-order chi connectivity index (χ1) is 15.3. The van der Waals surface area contributed by atoms with Gasteiger partial charge in [0.05, 0.1) is 0 Å². The Hall–Kier alpha value is -1.48. The fourth-order valence-electron chi connectivity index (χ4n) is 5.89. The second-order valence-corrected chi connectivity index (χ2v) is 10.4. The molecule has 0 unspecified atom stereocenters.